The first-order valence-corrected chi connectivity index (χ1v) is 0. The van der Waals surface area contributed by atoms with Crippen LogP contribution in [-0.2, 0) is 51.5 Å². The van der Waals surface area contributed by atoms with Gasteiger partial charge in [0.1, 0.15) is 0 Å². The van der Waals surface area contributed by atoms with Crippen molar-refractivity contribution in [3.8, 4) is 0 Å². The molecule has 4 heteroatoms. The van der Waals surface area contributed by atoms with Gasteiger partial charge in [0.25, 0.3) is 0 Å². The molecule has 0 aromatic heterocycles. The molecule has 0 saturated carbocycles. The van der Waals surface area contributed by atoms with Crippen LogP contribution in [0.15, 0.2) is 0 Å². The molecule has 0 bridgehead atoms. The van der Waals surface area contributed by atoms with Gasteiger partial charge in [-0.15, -0.1) is 0 Å². The number of rotatable bonds is 0. The summed E-state index contributed by atoms with van der Waals surface area (Å²) in [7, 11) is 0. The van der Waals surface area contributed by atoms with E-state index in [4.69, 9.17) is 0 Å². The van der Waals surface area contributed by atoms with E-state index in [1.165, 1.54) is 0 Å². The summed E-state index contributed by atoms with van der Waals surface area (Å²) in [4.78, 5) is 0. The normalized spacial score (nSPS) is 0. The molecule has 0 amide bonds. The van der Waals surface area contributed by atoms with E-state index >= 15 is 0 Å². The van der Waals surface area contributed by atoms with Crippen LogP contribution in [-0.4, -0.2) is 11.0 Å². The Morgan fingerprint density at radius 1 is 1.00 bits per heavy atom. The van der Waals surface area contributed by atoms with E-state index in [1.807, 2.05) is 0 Å². The van der Waals surface area contributed by atoms with Crippen molar-refractivity contribution in [2.24, 2.45) is 0 Å². The molecule has 0 N–H and O–H groups in total. The van der Waals surface area contributed by atoms with Gasteiger partial charge < -0.3 is 0 Å². The molecule has 0 aromatic carbocycles. The van der Waals surface area contributed by atoms with Crippen LogP contribution in [0.1, 0.15) is 0 Å². The van der Waals surface area contributed by atoms with E-state index in [9.17, 15) is 0 Å². The Morgan fingerprint density at radius 2 is 1.00 bits per heavy atom. The van der Waals surface area contributed by atoms with Crippen LogP contribution < -0.4 is 0 Å². The summed E-state index contributed by atoms with van der Waals surface area (Å²) >= 11 is 0. The molecule has 0 aliphatic rings. The third-order valence-corrected chi connectivity index (χ3v) is 0. The second-order valence-electron chi connectivity index (χ2n) is 0. The van der Waals surface area contributed by atoms with Crippen molar-refractivity contribution < 1.29 is 51.5 Å². The van der Waals surface area contributed by atoms with Gasteiger partial charge in [0.2, 0.25) is 0 Å². The predicted molar refractivity (Wildman–Crippen MR) is 5.75 cm³/mol. The van der Waals surface area contributed by atoms with Crippen molar-refractivity contribution >= 4 is 11.0 Å². The summed E-state index contributed by atoms with van der Waals surface area (Å²) in [5.74, 6) is 0. The van der Waals surface area contributed by atoms with E-state index in [0.29, 0.717) is 0 Å². The van der Waals surface area contributed by atoms with E-state index in [-0.39, 0.29) is 62.5 Å². The molecule has 0 fully saturated rings. The maximum absolute atomic E-state index is 0. The Labute approximate surface area is 62.2 Å². The number of hydrogen-bond acceptors (Lipinski definition) is 0. The zero-order chi connectivity index (χ0) is 0. The summed E-state index contributed by atoms with van der Waals surface area (Å²) in [6.45, 7) is 0. The molecule has 0 saturated heterocycles. The third-order valence-electron chi connectivity index (χ3n) is 0. The fourth-order valence-corrected chi connectivity index (χ4v) is 0. The Hall–Kier alpha value is 1.79. The minimum atomic E-state index is 0. The molecule has 0 spiro atoms. The third kappa shape index (κ3) is 9.21. The molecule has 0 heterocycles. The maximum Gasteiger partial charge on any atom is 0 e. The smallest absolute Gasteiger partial charge is 0 e. The summed E-state index contributed by atoms with van der Waals surface area (Å²) in [6, 6.07) is 0. The zero-order valence-electron chi connectivity index (χ0n) is 1.59. The molecule has 4 heavy (non-hydrogen) atoms. The quantitative estimate of drug-likeness (QED) is 0.465. The van der Waals surface area contributed by atoms with Gasteiger partial charge in [0, 0.05) is 62.5 Å². The average molecular weight is 199 g/mol. The molecule has 0 atom stereocenters. The van der Waals surface area contributed by atoms with E-state index < -0.39 is 0 Å². The monoisotopic (exact) mass is 198 g/mol. The molecule has 0 aliphatic heterocycles. The molecule has 0 rings (SSSR count). The Kier molecular flexibility index (Phi) is 223. The van der Waals surface area contributed by atoms with Gasteiger partial charge in [-0.1, -0.05) is 0 Å². The standard InChI is InChI=1S/Cr.Cu.Mn.Si. The van der Waals surface area contributed by atoms with Crippen molar-refractivity contribution in [3.63, 3.8) is 0 Å². The molecule has 6 radical (unpaired) electrons. The Balaban J connectivity index is 0. The van der Waals surface area contributed by atoms with Crippen molar-refractivity contribution in [2.45, 2.75) is 0 Å². The van der Waals surface area contributed by atoms with Gasteiger partial charge >= 0.3 is 0 Å². The van der Waals surface area contributed by atoms with Crippen LogP contribution in [0, 0.1) is 0 Å². The van der Waals surface area contributed by atoms with Gasteiger partial charge in [-0.25, -0.2) is 0 Å². The summed E-state index contributed by atoms with van der Waals surface area (Å²) in [5.41, 5.74) is 0. The maximum atomic E-state index is 0. The molecule has 28 valence electrons. The first kappa shape index (κ1) is 41.5. The Bertz CT molecular complexity index is 8.00. The fraction of sp³-hybridized carbons (Fsp3) is 0. The van der Waals surface area contributed by atoms with Crippen LogP contribution in [0.25, 0.3) is 0 Å². The van der Waals surface area contributed by atoms with Gasteiger partial charge in [-0.3, -0.25) is 0 Å². The summed E-state index contributed by atoms with van der Waals surface area (Å²) < 4.78 is 0. The fourth-order valence-electron chi connectivity index (χ4n) is 0. The first-order valence-electron chi connectivity index (χ1n) is 0. The van der Waals surface area contributed by atoms with Crippen LogP contribution >= 0.6 is 0 Å². The van der Waals surface area contributed by atoms with Crippen molar-refractivity contribution in [2.75, 3.05) is 0 Å². The van der Waals surface area contributed by atoms with E-state index in [2.05, 4.69) is 0 Å². The van der Waals surface area contributed by atoms with Gasteiger partial charge in [-0.05, 0) is 0 Å². The van der Waals surface area contributed by atoms with Crippen molar-refractivity contribution in [3.05, 3.63) is 0 Å². The molecule has 0 aromatic rings. The molecular formula is CrCuMnSi. The van der Waals surface area contributed by atoms with Crippen molar-refractivity contribution in [1.29, 1.82) is 0 Å². The minimum Gasteiger partial charge on any atom is 0 e. The predicted octanol–water partition coefficient (Wildman–Crippen LogP) is -0.388. The molecule has 0 aliphatic carbocycles. The number of hydrogen-bond donors (Lipinski definition) is 0. The second kappa shape index (κ2) is 21.5. The van der Waals surface area contributed by atoms with Crippen molar-refractivity contribution in [1.82, 2.24) is 0 Å². The summed E-state index contributed by atoms with van der Waals surface area (Å²) in [5, 5.41) is 0. The van der Waals surface area contributed by atoms with Gasteiger partial charge in [0.05, 0.1) is 0 Å². The summed E-state index contributed by atoms with van der Waals surface area (Å²) in [6.07, 6.45) is 0. The van der Waals surface area contributed by atoms with E-state index in [1.54, 1.807) is 0 Å². The Morgan fingerprint density at radius 3 is 1.00 bits per heavy atom. The first-order chi connectivity index (χ1) is 0. The molecule has 0 nitrogen and oxygen atoms in total. The largest absolute Gasteiger partial charge is 0 e. The van der Waals surface area contributed by atoms with E-state index in [0.717, 1.165) is 0 Å². The van der Waals surface area contributed by atoms with Gasteiger partial charge in [-0.2, -0.15) is 0 Å². The zero-order valence-corrected chi connectivity index (χ0v) is 5.98. The van der Waals surface area contributed by atoms with Crippen LogP contribution in [0.2, 0.25) is 0 Å². The average Bonchev–Trinajstić information content (AvgIpc) is 0. The van der Waals surface area contributed by atoms with Crippen LogP contribution in [0.4, 0.5) is 0 Å². The van der Waals surface area contributed by atoms with Gasteiger partial charge in [0.15, 0.2) is 0 Å². The molecular weight excluding hydrogens is 199 g/mol. The SMILES string of the molecule is [Cr].[Cu].[Mn].[Si]. The van der Waals surface area contributed by atoms with Crippen LogP contribution in [0.3, 0.4) is 0 Å². The molecule has 0 unspecified atom stereocenters. The topological polar surface area (TPSA) is 0 Å². The van der Waals surface area contributed by atoms with Crippen LogP contribution in [0.5, 0.6) is 0 Å². The second-order valence-corrected chi connectivity index (χ2v) is 0. The minimum absolute atomic E-state index is 0.